The van der Waals surface area contributed by atoms with Crippen molar-refractivity contribution >= 4 is 12.0 Å². The molecule has 5 heteroatoms. The molecule has 114 valence electrons. The number of amides is 2. The van der Waals surface area contributed by atoms with Crippen molar-refractivity contribution in [1.82, 2.24) is 10.6 Å². The predicted octanol–water partition coefficient (Wildman–Crippen LogP) is 2.69. The van der Waals surface area contributed by atoms with Gasteiger partial charge in [-0.3, -0.25) is 0 Å². The van der Waals surface area contributed by atoms with Crippen LogP contribution < -0.4 is 10.6 Å². The SMILES string of the molecule is CC(NC(=O)N[C@@H](C(=O)O)c1ccccc1)C1CCCC1. The molecule has 1 aliphatic carbocycles. The van der Waals surface area contributed by atoms with Crippen molar-refractivity contribution in [2.45, 2.75) is 44.7 Å². The molecule has 5 nitrogen and oxygen atoms in total. The lowest BCUT2D eigenvalue weighted by molar-refractivity contribution is -0.139. The van der Waals surface area contributed by atoms with E-state index in [1.54, 1.807) is 24.3 Å². The van der Waals surface area contributed by atoms with Crippen molar-refractivity contribution < 1.29 is 14.7 Å². The summed E-state index contributed by atoms with van der Waals surface area (Å²) in [6, 6.07) is 7.33. The molecule has 1 fully saturated rings. The lowest BCUT2D eigenvalue weighted by Crippen LogP contribution is -2.46. The highest BCUT2D eigenvalue weighted by Gasteiger charge is 2.25. The Morgan fingerprint density at radius 3 is 2.33 bits per heavy atom. The number of benzene rings is 1. The average molecular weight is 290 g/mol. The number of hydrogen-bond acceptors (Lipinski definition) is 2. The maximum Gasteiger partial charge on any atom is 0.330 e. The molecule has 0 aromatic heterocycles. The van der Waals surface area contributed by atoms with E-state index in [4.69, 9.17) is 0 Å². The van der Waals surface area contributed by atoms with E-state index in [2.05, 4.69) is 10.6 Å². The topological polar surface area (TPSA) is 78.4 Å². The Labute approximate surface area is 124 Å². The quantitative estimate of drug-likeness (QED) is 0.780. The monoisotopic (exact) mass is 290 g/mol. The second-order valence-electron chi connectivity index (χ2n) is 5.63. The van der Waals surface area contributed by atoms with Gasteiger partial charge in [-0.15, -0.1) is 0 Å². The van der Waals surface area contributed by atoms with Crippen LogP contribution in [0.5, 0.6) is 0 Å². The summed E-state index contributed by atoms with van der Waals surface area (Å²) >= 11 is 0. The molecular weight excluding hydrogens is 268 g/mol. The van der Waals surface area contributed by atoms with E-state index in [9.17, 15) is 14.7 Å². The highest BCUT2D eigenvalue weighted by Crippen LogP contribution is 2.27. The lowest BCUT2D eigenvalue weighted by atomic mass is 10.00. The fraction of sp³-hybridized carbons (Fsp3) is 0.500. The molecule has 2 rings (SSSR count). The first-order chi connectivity index (χ1) is 10.1. The van der Waals surface area contributed by atoms with E-state index in [1.807, 2.05) is 13.0 Å². The molecule has 3 N–H and O–H groups in total. The number of nitrogens with one attached hydrogen (secondary N) is 2. The van der Waals surface area contributed by atoms with Crippen LogP contribution in [-0.4, -0.2) is 23.1 Å². The number of aliphatic carboxylic acids is 1. The van der Waals surface area contributed by atoms with Gasteiger partial charge in [0.05, 0.1) is 0 Å². The van der Waals surface area contributed by atoms with Crippen molar-refractivity contribution in [1.29, 1.82) is 0 Å². The molecule has 1 saturated carbocycles. The molecule has 1 aromatic rings. The fourth-order valence-corrected chi connectivity index (χ4v) is 2.89. The fourth-order valence-electron chi connectivity index (χ4n) is 2.89. The van der Waals surface area contributed by atoms with E-state index < -0.39 is 18.0 Å². The third-order valence-corrected chi connectivity index (χ3v) is 4.12. The summed E-state index contributed by atoms with van der Waals surface area (Å²) in [5, 5.41) is 14.7. The van der Waals surface area contributed by atoms with Crippen LogP contribution in [0.1, 0.15) is 44.2 Å². The molecule has 0 aliphatic heterocycles. The van der Waals surface area contributed by atoms with Gasteiger partial charge in [0.1, 0.15) is 0 Å². The Morgan fingerprint density at radius 2 is 1.76 bits per heavy atom. The number of carboxylic acid groups (broad SMARTS) is 1. The molecule has 0 bridgehead atoms. The summed E-state index contributed by atoms with van der Waals surface area (Å²) in [5.74, 6) is -0.569. The first-order valence-electron chi connectivity index (χ1n) is 7.42. The van der Waals surface area contributed by atoms with Crippen molar-refractivity contribution in [3.8, 4) is 0 Å². The van der Waals surface area contributed by atoms with Crippen LogP contribution in [0.25, 0.3) is 0 Å². The van der Waals surface area contributed by atoms with Gasteiger partial charge in [0.2, 0.25) is 0 Å². The number of carbonyl (C=O) groups is 2. The van der Waals surface area contributed by atoms with Crippen LogP contribution in [0.2, 0.25) is 0 Å². The smallest absolute Gasteiger partial charge is 0.330 e. The van der Waals surface area contributed by atoms with Gasteiger partial charge in [0.15, 0.2) is 6.04 Å². The molecule has 0 saturated heterocycles. The highest BCUT2D eigenvalue weighted by molar-refractivity contribution is 5.83. The molecule has 0 heterocycles. The number of urea groups is 1. The summed E-state index contributed by atoms with van der Waals surface area (Å²) < 4.78 is 0. The average Bonchev–Trinajstić information content (AvgIpc) is 2.99. The number of hydrogen-bond donors (Lipinski definition) is 3. The van der Waals surface area contributed by atoms with E-state index in [0.717, 1.165) is 12.8 Å². The number of rotatable bonds is 5. The Hall–Kier alpha value is -2.04. The zero-order chi connectivity index (χ0) is 15.2. The Balaban J connectivity index is 1.94. The van der Waals surface area contributed by atoms with Gasteiger partial charge >= 0.3 is 12.0 Å². The molecule has 1 aliphatic rings. The zero-order valence-electron chi connectivity index (χ0n) is 12.2. The third kappa shape index (κ3) is 4.21. The van der Waals surface area contributed by atoms with Gasteiger partial charge in [0, 0.05) is 6.04 Å². The van der Waals surface area contributed by atoms with Crippen LogP contribution in [0.4, 0.5) is 4.79 Å². The summed E-state index contributed by atoms with van der Waals surface area (Å²) in [7, 11) is 0. The van der Waals surface area contributed by atoms with Crippen molar-refractivity contribution in [3.05, 3.63) is 35.9 Å². The number of carboxylic acids is 1. The minimum atomic E-state index is -1.06. The van der Waals surface area contributed by atoms with Crippen LogP contribution in [0.15, 0.2) is 30.3 Å². The summed E-state index contributed by atoms with van der Waals surface area (Å²) in [6.07, 6.45) is 4.67. The standard InChI is InChI=1S/C16H22N2O3/c1-11(12-7-5-6-8-12)17-16(21)18-14(15(19)20)13-9-3-2-4-10-13/h2-4,9-12,14H,5-8H2,1H3,(H,19,20)(H2,17,18,21)/t11?,14-/m1/s1. The maximum atomic E-state index is 12.0. The summed E-state index contributed by atoms with van der Waals surface area (Å²) in [6.45, 7) is 1.98. The normalized spacial score (nSPS) is 18.0. The Kier molecular flexibility index (Phi) is 5.20. The maximum absolute atomic E-state index is 12.0. The zero-order valence-corrected chi connectivity index (χ0v) is 12.2. The molecule has 21 heavy (non-hydrogen) atoms. The largest absolute Gasteiger partial charge is 0.479 e. The lowest BCUT2D eigenvalue weighted by Gasteiger charge is -2.22. The first-order valence-corrected chi connectivity index (χ1v) is 7.42. The van der Waals surface area contributed by atoms with Crippen LogP contribution in [0, 0.1) is 5.92 Å². The van der Waals surface area contributed by atoms with Gasteiger partial charge in [-0.1, -0.05) is 43.2 Å². The van der Waals surface area contributed by atoms with E-state index in [0.29, 0.717) is 11.5 Å². The summed E-state index contributed by atoms with van der Waals surface area (Å²) in [4.78, 5) is 23.3. The molecule has 2 atom stereocenters. The molecule has 0 spiro atoms. The Morgan fingerprint density at radius 1 is 1.14 bits per heavy atom. The van der Waals surface area contributed by atoms with Crippen molar-refractivity contribution in [2.75, 3.05) is 0 Å². The predicted molar refractivity (Wildman–Crippen MR) is 79.9 cm³/mol. The molecule has 0 radical (unpaired) electrons. The van der Waals surface area contributed by atoms with Crippen LogP contribution >= 0.6 is 0 Å². The molecule has 2 amide bonds. The van der Waals surface area contributed by atoms with E-state index in [1.165, 1.54) is 12.8 Å². The molecule has 1 unspecified atom stereocenters. The van der Waals surface area contributed by atoms with Crippen molar-refractivity contribution in [2.24, 2.45) is 5.92 Å². The molecular formula is C16H22N2O3. The van der Waals surface area contributed by atoms with Gasteiger partial charge in [-0.05, 0) is 31.2 Å². The van der Waals surface area contributed by atoms with Gasteiger partial charge < -0.3 is 15.7 Å². The minimum absolute atomic E-state index is 0.0673. The minimum Gasteiger partial charge on any atom is -0.479 e. The van der Waals surface area contributed by atoms with Gasteiger partial charge in [-0.2, -0.15) is 0 Å². The highest BCUT2D eigenvalue weighted by atomic mass is 16.4. The number of carbonyl (C=O) groups excluding carboxylic acids is 1. The van der Waals surface area contributed by atoms with E-state index in [-0.39, 0.29) is 6.04 Å². The summed E-state index contributed by atoms with van der Waals surface area (Å²) in [5.41, 5.74) is 0.564. The third-order valence-electron chi connectivity index (χ3n) is 4.12. The first kappa shape index (κ1) is 15.4. The Bertz CT molecular complexity index is 484. The van der Waals surface area contributed by atoms with Gasteiger partial charge in [-0.25, -0.2) is 9.59 Å². The second kappa shape index (κ2) is 7.11. The molecule has 1 aromatic carbocycles. The van der Waals surface area contributed by atoms with Crippen molar-refractivity contribution in [3.63, 3.8) is 0 Å². The van der Waals surface area contributed by atoms with Crippen LogP contribution in [-0.2, 0) is 4.79 Å². The second-order valence-corrected chi connectivity index (χ2v) is 5.63. The van der Waals surface area contributed by atoms with Crippen LogP contribution in [0.3, 0.4) is 0 Å². The van der Waals surface area contributed by atoms with E-state index >= 15 is 0 Å². The van der Waals surface area contributed by atoms with Gasteiger partial charge in [0.25, 0.3) is 0 Å².